The van der Waals surface area contributed by atoms with E-state index < -0.39 is 30.1 Å². The zero-order valence-corrected chi connectivity index (χ0v) is 9.12. The van der Waals surface area contributed by atoms with Gasteiger partial charge in [-0.15, -0.1) is 0 Å². The molecule has 0 saturated carbocycles. The van der Waals surface area contributed by atoms with Crippen molar-refractivity contribution in [2.75, 3.05) is 6.61 Å². The summed E-state index contributed by atoms with van der Waals surface area (Å²) >= 11 is 0. The van der Waals surface area contributed by atoms with E-state index in [1.165, 1.54) is 0 Å². The summed E-state index contributed by atoms with van der Waals surface area (Å²) < 4.78 is 64.0. The van der Waals surface area contributed by atoms with Gasteiger partial charge in [0.15, 0.2) is 0 Å². The van der Waals surface area contributed by atoms with Crippen LogP contribution in [0.5, 0.6) is 0 Å². The maximum Gasteiger partial charge on any atom is 0.465 e. The molecule has 0 N–H and O–H groups in total. The Morgan fingerprint density at radius 3 is 1.88 bits per heavy atom. The van der Waals surface area contributed by atoms with Crippen molar-refractivity contribution in [1.29, 1.82) is 0 Å². The zero-order valence-electron chi connectivity index (χ0n) is 9.12. The second-order valence-corrected chi connectivity index (χ2v) is 4.17. The topological polar surface area (TPSA) is 26.3 Å². The van der Waals surface area contributed by atoms with Crippen LogP contribution in [0.2, 0.25) is 0 Å². The molecule has 16 heavy (non-hydrogen) atoms. The first-order valence-electron chi connectivity index (χ1n) is 4.56. The van der Waals surface area contributed by atoms with E-state index in [4.69, 9.17) is 0 Å². The number of carbonyl (C=O) groups excluding carboxylic acids is 1. The Bertz CT molecular complexity index is 257. The molecule has 0 aromatic carbocycles. The number of alkyl halides is 5. The van der Waals surface area contributed by atoms with Crippen LogP contribution in [-0.2, 0) is 9.53 Å². The Labute approximate surface area is 89.8 Å². The Morgan fingerprint density at radius 2 is 1.56 bits per heavy atom. The summed E-state index contributed by atoms with van der Waals surface area (Å²) in [6.07, 6.45) is -5.43. The van der Waals surface area contributed by atoms with Gasteiger partial charge >= 0.3 is 18.1 Å². The van der Waals surface area contributed by atoms with Gasteiger partial charge in [-0.2, -0.15) is 22.0 Å². The SMILES string of the molecule is CCC(C)(C)COC(=O)C(F)(F)C(F)(F)F. The van der Waals surface area contributed by atoms with Crippen LogP contribution in [0, 0.1) is 5.41 Å². The average molecular weight is 248 g/mol. The van der Waals surface area contributed by atoms with E-state index >= 15 is 0 Å². The molecule has 0 atom stereocenters. The van der Waals surface area contributed by atoms with E-state index in [9.17, 15) is 26.7 Å². The van der Waals surface area contributed by atoms with Gasteiger partial charge < -0.3 is 4.74 Å². The van der Waals surface area contributed by atoms with Crippen LogP contribution >= 0.6 is 0 Å². The summed E-state index contributed by atoms with van der Waals surface area (Å²) in [5.41, 5.74) is -0.628. The lowest BCUT2D eigenvalue weighted by Crippen LogP contribution is -2.46. The molecule has 0 aromatic heterocycles. The maximum atomic E-state index is 12.4. The maximum absolute atomic E-state index is 12.4. The van der Waals surface area contributed by atoms with Gasteiger partial charge in [0.25, 0.3) is 0 Å². The van der Waals surface area contributed by atoms with Gasteiger partial charge in [-0.05, 0) is 11.8 Å². The third-order valence-corrected chi connectivity index (χ3v) is 2.16. The van der Waals surface area contributed by atoms with Crippen molar-refractivity contribution in [2.24, 2.45) is 5.41 Å². The van der Waals surface area contributed by atoms with Gasteiger partial charge in [0.2, 0.25) is 0 Å². The molecular weight excluding hydrogens is 235 g/mol. The molecule has 7 heteroatoms. The normalized spacial score (nSPS) is 13.8. The molecule has 0 aliphatic carbocycles. The summed E-state index contributed by atoms with van der Waals surface area (Å²) in [6.45, 7) is 4.40. The Kier molecular flexibility index (Phi) is 4.30. The number of ether oxygens (including phenoxy) is 1. The number of hydrogen-bond acceptors (Lipinski definition) is 2. The molecule has 0 radical (unpaired) electrons. The monoisotopic (exact) mass is 248 g/mol. The fraction of sp³-hybridized carbons (Fsp3) is 0.889. The first-order chi connectivity index (χ1) is 6.94. The van der Waals surface area contributed by atoms with E-state index in [0.717, 1.165) is 0 Å². The van der Waals surface area contributed by atoms with E-state index in [2.05, 4.69) is 4.74 Å². The molecule has 0 rings (SSSR count). The van der Waals surface area contributed by atoms with Gasteiger partial charge in [0.05, 0.1) is 6.61 Å². The number of carbonyl (C=O) groups is 1. The summed E-state index contributed by atoms with van der Waals surface area (Å²) in [4.78, 5) is 10.6. The highest BCUT2D eigenvalue weighted by Gasteiger charge is 2.65. The molecule has 0 fully saturated rings. The average Bonchev–Trinajstić information content (AvgIpc) is 2.12. The van der Waals surface area contributed by atoms with Crippen molar-refractivity contribution in [3.8, 4) is 0 Å². The summed E-state index contributed by atoms with van der Waals surface area (Å²) in [7, 11) is 0. The number of halogens is 5. The molecule has 0 aromatic rings. The van der Waals surface area contributed by atoms with Crippen LogP contribution in [0.3, 0.4) is 0 Å². The predicted octanol–water partition coefficient (Wildman–Crippen LogP) is 3.16. The lowest BCUT2D eigenvalue weighted by molar-refractivity contribution is -0.281. The molecule has 0 aliphatic rings. The van der Waals surface area contributed by atoms with Crippen LogP contribution in [0.4, 0.5) is 22.0 Å². The first-order valence-corrected chi connectivity index (χ1v) is 4.56. The number of esters is 1. The third-order valence-electron chi connectivity index (χ3n) is 2.16. The molecule has 0 saturated heterocycles. The third kappa shape index (κ3) is 3.61. The zero-order chi connectivity index (χ0) is 13.2. The molecule has 0 amide bonds. The highest BCUT2D eigenvalue weighted by atomic mass is 19.4. The Hall–Kier alpha value is -0.880. The second-order valence-electron chi connectivity index (χ2n) is 4.17. The summed E-state index contributed by atoms with van der Waals surface area (Å²) in [5, 5.41) is 0. The molecule has 0 heterocycles. The van der Waals surface area contributed by atoms with Crippen LogP contribution < -0.4 is 0 Å². The van der Waals surface area contributed by atoms with Gasteiger partial charge in [-0.1, -0.05) is 20.8 Å². The van der Waals surface area contributed by atoms with Crippen LogP contribution in [0.15, 0.2) is 0 Å². The van der Waals surface area contributed by atoms with Crippen LogP contribution in [-0.4, -0.2) is 24.7 Å². The van der Waals surface area contributed by atoms with Gasteiger partial charge in [0, 0.05) is 0 Å². The standard InChI is InChI=1S/C9H13F5O2/c1-4-7(2,3)5-16-6(15)8(10,11)9(12,13)14/h4-5H2,1-3H3. The van der Waals surface area contributed by atoms with Crippen molar-refractivity contribution in [3.63, 3.8) is 0 Å². The molecule has 0 unspecified atom stereocenters. The van der Waals surface area contributed by atoms with Crippen molar-refractivity contribution < 1.29 is 31.5 Å². The highest BCUT2D eigenvalue weighted by Crippen LogP contribution is 2.36. The van der Waals surface area contributed by atoms with Crippen molar-refractivity contribution in [3.05, 3.63) is 0 Å². The second kappa shape index (κ2) is 4.55. The van der Waals surface area contributed by atoms with Crippen molar-refractivity contribution in [1.82, 2.24) is 0 Å². The molecule has 2 nitrogen and oxygen atoms in total. The predicted molar refractivity (Wildman–Crippen MR) is 46.0 cm³/mol. The van der Waals surface area contributed by atoms with Gasteiger partial charge in [-0.25, -0.2) is 4.79 Å². The van der Waals surface area contributed by atoms with Crippen molar-refractivity contribution >= 4 is 5.97 Å². The largest absolute Gasteiger partial charge is 0.465 e. The van der Waals surface area contributed by atoms with Crippen LogP contribution in [0.25, 0.3) is 0 Å². The molecule has 0 spiro atoms. The molecule has 96 valence electrons. The number of hydrogen-bond donors (Lipinski definition) is 0. The summed E-state index contributed by atoms with van der Waals surface area (Å²) in [6, 6.07) is 0. The molecular formula is C9H13F5O2. The van der Waals surface area contributed by atoms with Gasteiger partial charge in [-0.3, -0.25) is 0 Å². The fourth-order valence-electron chi connectivity index (χ4n) is 0.569. The minimum atomic E-state index is -5.92. The van der Waals surface area contributed by atoms with Gasteiger partial charge in [0.1, 0.15) is 0 Å². The lowest BCUT2D eigenvalue weighted by Gasteiger charge is -2.24. The number of rotatable bonds is 4. The Balaban J connectivity index is 4.50. The highest BCUT2D eigenvalue weighted by molar-refractivity contribution is 5.78. The minimum Gasteiger partial charge on any atom is -0.460 e. The molecule has 0 bridgehead atoms. The Morgan fingerprint density at radius 1 is 1.12 bits per heavy atom. The van der Waals surface area contributed by atoms with E-state index in [1.54, 1.807) is 20.8 Å². The van der Waals surface area contributed by atoms with E-state index in [1.807, 2.05) is 0 Å². The van der Waals surface area contributed by atoms with E-state index in [0.29, 0.717) is 6.42 Å². The van der Waals surface area contributed by atoms with Crippen LogP contribution in [0.1, 0.15) is 27.2 Å². The fourth-order valence-corrected chi connectivity index (χ4v) is 0.569. The lowest BCUT2D eigenvalue weighted by atomic mass is 9.92. The molecule has 0 aliphatic heterocycles. The minimum absolute atomic E-state index is 0.478. The summed E-state index contributed by atoms with van der Waals surface area (Å²) in [5.74, 6) is -8.00. The van der Waals surface area contributed by atoms with Crippen molar-refractivity contribution in [2.45, 2.75) is 39.3 Å². The van der Waals surface area contributed by atoms with E-state index in [-0.39, 0.29) is 0 Å². The first kappa shape index (κ1) is 15.1. The smallest absolute Gasteiger partial charge is 0.460 e. The quantitative estimate of drug-likeness (QED) is 0.564.